The van der Waals surface area contributed by atoms with Crippen LogP contribution in [0, 0.1) is 0 Å². The van der Waals surface area contributed by atoms with Crippen LogP contribution in [0.15, 0.2) is 96.1 Å². The van der Waals surface area contributed by atoms with Gasteiger partial charge in [-0.1, -0.05) is 72.8 Å². The molecule has 0 saturated heterocycles. The molecule has 0 radical (unpaired) electrons. The van der Waals surface area contributed by atoms with Crippen molar-refractivity contribution in [2.24, 2.45) is 0 Å². The third-order valence-corrected chi connectivity index (χ3v) is 11.5. The molecule has 264 valence electrons. The van der Waals surface area contributed by atoms with Crippen LogP contribution >= 0.6 is 0 Å². The molecule has 0 bridgehead atoms. The van der Waals surface area contributed by atoms with E-state index in [4.69, 9.17) is 0 Å². The molecule has 0 N–H and O–H groups in total. The molecule has 2 heterocycles. The summed E-state index contributed by atoms with van der Waals surface area (Å²) in [6, 6.07) is 24.4. The van der Waals surface area contributed by atoms with Crippen LogP contribution in [0.2, 0.25) is 0 Å². The van der Waals surface area contributed by atoms with Gasteiger partial charge in [0.05, 0.1) is 20.2 Å². The molecule has 1 fully saturated rings. The van der Waals surface area contributed by atoms with Crippen molar-refractivity contribution >= 4 is 81.5 Å². The van der Waals surface area contributed by atoms with Crippen LogP contribution in [0.5, 0.6) is 0 Å². The number of hydrogen-bond acceptors (Lipinski definition) is 7. The van der Waals surface area contributed by atoms with E-state index in [1.165, 1.54) is 0 Å². The van der Waals surface area contributed by atoms with Gasteiger partial charge in [0.25, 0.3) is 0 Å². The van der Waals surface area contributed by atoms with Crippen LogP contribution in [-0.4, -0.2) is 52.4 Å². The van der Waals surface area contributed by atoms with Crippen LogP contribution in [0.4, 0.5) is 0 Å². The molecule has 4 aromatic carbocycles. The Labute approximate surface area is 353 Å². The third kappa shape index (κ3) is 9.29. The Bertz CT molecular complexity index is 2520. The van der Waals surface area contributed by atoms with Crippen molar-refractivity contribution in [1.29, 1.82) is 0 Å². The van der Waals surface area contributed by atoms with E-state index in [0.717, 1.165) is 60.5 Å². The molecule has 1 saturated carbocycles. The number of Topliss-reactive ketones (excluding diaryl/α,β-unsaturated/α-hetero) is 1. The summed E-state index contributed by atoms with van der Waals surface area (Å²) in [6.07, 6.45) is 11.5. The minimum atomic E-state index is -4.28. The number of allylic oxidation sites excluding steroid dienone is 4. The van der Waals surface area contributed by atoms with E-state index in [1.807, 2.05) is 60.7 Å². The number of hydrogen-bond donors (Lipinski definition) is 0. The zero-order chi connectivity index (χ0) is 35.8. The van der Waals surface area contributed by atoms with Crippen LogP contribution in [0.3, 0.4) is 0 Å². The summed E-state index contributed by atoms with van der Waals surface area (Å²) < 4.78 is 71.6. The molecular weight excluding hydrogens is 731 g/mol. The van der Waals surface area contributed by atoms with Crippen LogP contribution < -0.4 is 69.8 Å². The van der Waals surface area contributed by atoms with Crippen molar-refractivity contribution in [2.75, 3.05) is 11.5 Å². The number of rotatable bonds is 12. The Morgan fingerprint density at radius 1 is 0.566 bits per heavy atom. The predicted octanol–water partition coefficient (Wildman–Crippen LogP) is -0.134. The molecule has 6 aromatic rings. The average molecular weight is 769 g/mol. The van der Waals surface area contributed by atoms with E-state index in [-0.39, 0.29) is 77.7 Å². The molecule has 0 unspecified atom stereocenters. The molecule has 53 heavy (non-hydrogen) atoms. The maximum Gasteiger partial charge on any atom is 1.00 e. The van der Waals surface area contributed by atoms with E-state index < -0.39 is 31.7 Å². The van der Waals surface area contributed by atoms with Crippen LogP contribution in [-0.2, 0) is 38.1 Å². The summed E-state index contributed by atoms with van der Waals surface area (Å²) in [7, 11) is -8.57. The molecular formula is C40H38N2Na2O7S2. The molecule has 0 amide bonds. The fraction of sp³-hybridized carbons (Fsp3) is 0.275. The van der Waals surface area contributed by atoms with Crippen LogP contribution in [0.1, 0.15) is 44.9 Å². The quantitative estimate of drug-likeness (QED) is 0.0732. The first-order valence-electron chi connectivity index (χ1n) is 17.3. The van der Waals surface area contributed by atoms with Crippen molar-refractivity contribution in [1.82, 2.24) is 9.13 Å². The van der Waals surface area contributed by atoms with E-state index in [9.17, 15) is 30.7 Å². The number of nitrogens with zero attached hydrogens (tertiary/aromatic N) is 2. The van der Waals surface area contributed by atoms with Crippen molar-refractivity contribution in [3.05, 3.63) is 107 Å². The van der Waals surface area contributed by atoms with Gasteiger partial charge in [0, 0.05) is 67.9 Å². The van der Waals surface area contributed by atoms with E-state index in [0.29, 0.717) is 49.9 Å². The summed E-state index contributed by atoms with van der Waals surface area (Å²) in [6.45, 7) is 1.06. The Kier molecular flexibility index (Phi) is 13.7. The van der Waals surface area contributed by atoms with Gasteiger partial charge < -0.3 is 18.2 Å². The number of aromatic nitrogens is 2. The monoisotopic (exact) mass is 768 g/mol. The first-order valence-corrected chi connectivity index (χ1v) is 20.5. The van der Waals surface area contributed by atoms with Crippen molar-refractivity contribution in [2.45, 2.75) is 58.0 Å². The fourth-order valence-electron chi connectivity index (χ4n) is 7.59. The smallest absolute Gasteiger partial charge is 0.748 e. The topological polar surface area (TPSA) is 141 Å². The number of unbranched alkanes of at least 4 members (excludes halogenated alkanes) is 2. The van der Waals surface area contributed by atoms with Gasteiger partial charge >= 0.3 is 59.1 Å². The summed E-state index contributed by atoms with van der Waals surface area (Å²) >= 11 is 0. The van der Waals surface area contributed by atoms with Crippen molar-refractivity contribution in [3.8, 4) is 0 Å². The largest absolute Gasteiger partial charge is 1.00 e. The van der Waals surface area contributed by atoms with Crippen LogP contribution in [0.25, 0.3) is 55.5 Å². The Morgan fingerprint density at radius 2 is 0.962 bits per heavy atom. The Hall–Kier alpha value is -2.55. The van der Waals surface area contributed by atoms with Crippen molar-refractivity contribution < 1.29 is 89.9 Å². The number of ketones is 1. The maximum absolute atomic E-state index is 13.9. The molecule has 7 rings (SSSR count). The van der Waals surface area contributed by atoms with E-state index >= 15 is 0 Å². The second kappa shape index (κ2) is 17.5. The number of benzene rings is 4. The van der Waals surface area contributed by atoms with Gasteiger partial charge in [-0.25, -0.2) is 16.8 Å². The molecule has 2 aromatic heterocycles. The first-order chi connectivity index (χ1) is 24.5. The number of carbonyl (C=O) groups is 1. The van der Waals surface area contributed by atoms with Gasteiger partial charge in [0.1, 0.15) is 0 Å². The minimum absolute atomic E-state index is 0. The second-order valence-electron chi connectivity index (χ2n) is 13.3. The van der Waals surface area contributed by atoms with Gasteiger partial charge in [-0.3, -0.25) is 4.79 Å². The Balaban J connectivity index is 0.00000271. The molecule has 0 atom stereocenters. The summed E-state index contributed by atoms with van der Waals surface area (Å²) in [4.78, 5) is 13.9. The Morgan fingerprint density at radius 3 is 1.36 bits per heavy atom. The van der Waals surface area contributed by atoms with Crippen molar-refractivity contribution in [3.63, 3.8) is 0 Å². The molecule has 1 aliphatic rings. The normalized spacial score (nSPS) is 16.5. The summed E-state index contributed by atoms with van der Waals surface area (Å²) in [5.41, 5.74) is 3.47. The minimum Gasteiger partial charge on any atom is -0.748 e. The van der Waals surface area contributed by atoms with Gasteiger partial charge in [-0.05, 0) is 91.1 Å². The average Bonchev–Trinajstić information content (AvgIpc) is 3.57. The SMILES string of the molecule is O=C1/C(=C/C=c2\c3cccc4cccc(c43)n2CCCCS(=O)(=O)[O-])CCC/C1=C\C=c1/c2cccc3cccc(c32)n1CCCCS(=O)(=O)[O-].[Na+].[Na+]. The summed E-state index contributed by atoms with van der Waals surface area (Å²) in [5.74, 6) is -0.797. The zero-order valence-corrected chi connectivity index (χ0v) is 35.7. The summed E-state index contributed by atoms with van der Waals surface area (Å²) in [5, 5.41) is 8.35. The van der Waals surface area contributed by atoms with Gasteiger partial charge in [0.2, 0.25) is 0 Å². The van der Waals surface area contributed by atoms with E-state index in [1.54, 1.807) is 0 Å². The third-order valence-electron chi connectivity index (χ3n) is 9.89. The zero-order valence-electron chi connectivity index (χ0n) is 30.1. The standard InChI is InChI=1S/C40H40N2O7S2.2Na/c43-40-30(20-22-34-32-16-6-10-28-12-8-18-36(38(28)32)41(34)24-1-3-26-50(44,45)46)14-5-15-31(40)21-23-35-33-17-7-11-29-13-9-19-37(39(29)33)42(35)25-2-4-27-51(47,48)49;;/h6-13,16-23H,1-5,14-15,24-27H2,(H,44,45,46)(H,47,48,49);;/q;2*+1/p-2/b30-20+,31-21+,34-22+,35-23+;;. The number of carbonyl (C=O) groups excluding carboxylic acids is 1. The molecule has 13 heteroatoms. The molecule has 0 aliphatic heterocycles. The van der Waals surface area contributed by atoms with E-state index in [2.05, 4.69) is 45.5 Å². The fourth-order valence-corrected chi connectivity index (χ4v) is 8.70. The molecule has 9 nitrogen and oxygen atoms in total. The second-order valence-corrected chi connectivity index (χ2v) is 16.3. The number of aryl methyl sites for hydroxylation is 2. The van der Waals surface area contributed by atoms with Gasteiger partial charge in [0.15, 0.2) is 5.78 Å². The van der Waals surface area contributed by atoms with Gasteiger partial charge in [-0.2, -0.15) is 0 Å². The predicted molar refractivity (Wildman–Crippen MR) is 201 cm³/mol. The first kappa shape index (κ1) is 41.6. The molecule has 1 aliphatic carbocycles. The van der Waals surface area contributed by atoms with Gasteiger partial charge in [-0.15, -0.1) is 0 Å². The maximum atomic E-state index is 13.9. The molecule has 0 spiro atoms.